The van der Waals surface area contributed by atoms with Crippen LogP contribution in [-0.4, -0.2) is 38.3 Å². The highest BCUT2D eigenvalue weighted by Gasteiger charge is 2.59. The van der Waals surface area contributed by atoms with Crippen molar-refractivity contribution in [3.8, 4) is 0 Å². The van der Waals surface area contributed by atoms with Crippen LogP contribution >= 0.6 is 24.0 Å². The number of unbranched alkanes of at least 4 members (excludes halogenated alkanes) is 1. The van der Waals surface area contributed by atoms with Gasteiger partial charge in [0.05, 0.1) is 6.10 Å². The zero-order valence-electron chi connectivity index (χ0n) is 15.5. The molecule has 2 rings (SSSR count). The van der Waals surface area contributed by atoms with Crippen molar-refractivity contribution in [3.63, 3.8) is 0 Å². The molecule has 2 N–H and O–H groups in total. The lowest BCUT2D eigenvalue weighted by Gasteiger charge is -2.55. The fourth-order valence-corrected chi connectivity index (χ4v) is 4.14. The lowest BCUT2D eigenvalue weighted by atomic mass is 9.57. The molecule has 136 valence electrons. The first kappa shape index (κ1) is 21.0. The molecular formula is C18H36IN3O. The SMILES string of the molecule is CCCCC(CC)CNC(=NC)NC1C2CCOC2C1(C)C.I. The third kappa shape index (κ3) is 4.74. The Kier molecular flexibility index (Phi) is 8.63. The minimum Gasteiger partial charge on any atom is -0.377 e. The van der Waals surface area contributed by atoms with Crippen molar-refractivity contribution in [1.29, 1.82) is 0 Å². The Labute approximate surface area is 159 Å². The quantitative estimate of drug-likeness (QED) is 0.362. The van der Waals surface area contributed by atoms with E-state index in [0.29, 0.717) is 18.1 Å². The van der Waals surface area contributed by atoms with Crippen molar-refractivity contribution < 1.29 is 4.74 Å². The summed E-state index contributed by atoms with van der Waals surface area (Å²) < 4.78 is 5.87. The number of nitrogens with zero attached hydrogens (tertiary/aromatic N) is 1. The predicted octanol–water partition coefficient (Wildman–Crippen LogP) is 3.80. The summed E-state index contributed by atoms with van der Waals surface area (Å²) in [5.74, 6) is 2.35. The van der Waals surface area contributed by atoms with Crippen molar-refractivity contribution in [2.45, 2.75) is 71.9 Å². The van der Waals surface area contributed by atoms with Gasteiger partial charge < -0.3 is 15.4 Å². The molecule has 0 aromatic rings. The number of aliphatic imine (C=N–C) groups is 1. The average molecular weight is 437 g/mol. The van der Waals surface area contributed by atoms with Gasteiger partial charge in [-0.25, -0.2) is 0 Å². The number of rotatable bonds is 7. The maximum absolute atomic E-state index is 5.87. The minimum absolute atomic E-state index is 0. The van der Waals surface area contributed by atoms with Gasteiger partial charge in [-0.05, 0) is 18.8 Å². The standard InChI is InChI=1S/C18H35N3O.HI/c1-6-8-9-13(7-2)12-20-17(19-5)21-15-14-10-11-22-16(14)18(15,3)4;/h13-16H,6-12H2,1-5H3,(H2,19,20,21);1H. The van der Waals surface area contributed by atoms with E-state index in [0.717, 1.165) is 25.0 Å². The molecule has 0 radical (unpaired) electrons. The second kappa shape index (κ2) is 9.44. The Morgan fingerprint density at radius 3 is 2.70 bits per heavy atom. The first-order valence-electron chi connectivity index (χ1n) is 9.13. The van der Waals surface area contributed by atoms with Crippen molar-refractivity contribution in [2.24, 2.45) is 22.2 Å². The van der Waals surface area contributed by atoms with Gasteiger partial charge in [-0.1, -0.05) is 47.0 Å². The van der Waals surface area contributed by atoms with Gasteiger partial charge in [0.25, 0.3) is 0 Å². The molecule has 0 aromatic heterocycles. The van der Waals surface area contributed by atoms with Crippen LogP contribution in [-0.2, 0) is 4.74 Å². The second-order valence-electron chi connectivity index (χ2n) is 7.56. The molecule has 4 atom stereocenters. The third-order valence-corrected chi connectivity index (χ3v) is 5.72. The lowest BCUT2D eigenvalue weighted by molar-refractivity contribution is -0.106. The maximum atomic E-state index is 5.87. The van der Waals surface area contributed by atoms with E-state index in [2.05, 4.69) is 43.3 Å². The van der Waals surface area contributed by atoms with Gasteiger partial charge in [-0.2, -0.15) is 0 Å². The van der Waals surface area contributed by atoms with Gasteiger partial charge in [0.15, 0.2) is 5.96 Å². The Hall–Kier alpha value is -0.0400. The summed E-state index contributed by atoms with van der Waals surface area (Å²) in [6.45, 7) is 11.1. The van der Waals surface area contributed by atoms with Crippen LogP contribution in [0.1, 0.15) is 59.8 Å². The smallest absolute Gasteiger partial charge is 0.191 e. The van der Waals surface area contributed by atoms with Crippen LogP contribution in [0, 0.1) is 17.3 Å². The molecular weight excluding hydrogens is 401 g/mol. The van der Waals surface area contributed by atoms with Crippen LogP contribution in [0.15, 0.2) is 4.99 Å². The fourth-order valence-electron chi connectivity index (χ4n) is 4.14. The molecule has 0 spiro atoms. The van der Waals surface area contributed by atoms with Crippen LogP contribution in [0.5, 0.6) is 0 Å². The number of hydrogen-bond donors (Lipinski definition) is 2. The number of nitrogens with one attached hydrogen (secondary N) is 2. The minimum atomic E-state index is 0. The fraction of sp³-hybridized carbons (Fsp3) is 0.944. The van der Waals surface area contributed by atoms with Crippen LogP contribution in [0.3, 0.4) is 0 Å². The van der Waals surface area contributed by atoms with Crippen LogP contribution in [0.2, 0.25) is 0 Å². The molecule has 1 heterocycles. The van der Waals surface area contributed by atoms with E-state index in [4.69, 9.17) is 4.74 Å². The summed E-state index contributed by atoms with van der Waals surface area (Å²) >= 11 is 0. The van der Waals surface area contributed by atoms with Gasteiger partial charge in [0.1, 0.15) is 0 Å². The summed E-state index contributed by atoms with van der Waals surface area (Å²) in [7, 11) is 1.87. The molecule has 23 heavy (non-hydrogen) atoms. The van der Waals surface area contributed by atoms with Crippen LogP contribution in [0.25, 0.3) is 0 Å². The molecule has 2 aliphatic rings. The first-order valence-corrected chi connectivity index (χ1v) is 9.13. The molecule has 5 heteroatoms. The molecule has 4 unspecified atom stereocenters. The summed E-state index contributed by atoms with van der Waals surface area (Å²) in [4.78, 5) is 4.43. The number of ether oxygens (including phenoxy) is 1. The summed E-state index contributed by atoms with van der Waals surface area (Å²) in [5, 5.41) is 7.20. The average Bonchev–Trinajstić information content (AvgIpc) is 2.97. The molecule has 1 aliphatic heterocycles. The largest absolute Gasteiger partial charge is 0.377 e. The van der Waals surface area contributed by atoms with Crippen molar-refractivity contribution in [3.05, 3.63) is 0 Å². The highest BCUT2D eigenvalue weighted by molar-refractivity contribution is 14.0. The summed E-state index contributed by atoms with van der Waals surface area (Å²) in [5.41, 5.74) is 0.200. The van der Waals surface area contributed by atoms with Crippen molar-refractivity contribution in [1.82, 2.24) is 10.6 Å². The lowest BCUT2D eigenvalue weighted by Crippen LogP contribution is -2.68. The Bertz CT molecular complexity index is 386. The molecule has 4 nitrogen and oxygen atoms in total. The Morgan fingerprint density at radius 2 is 2.09 bits per heavy atom. The zero-order valence-corrected chi connectivity index (χ0v) is 17.9. The Morgan fingerprint density at radius 1 is 1.35 bits per heavy atom. The van der Waals surface area contributed by atoms with Crippen LogP contribution in [0.4, 0.5) is 0 Å². The molecule has 1 saturated heterocycles. The van der Waals surface area contributed by atoms with E-state index in [1.807, 2.05) is 7.05 Å². The van der Waals surface area contributed by atoms with Crippen LogP contribution < -0.4 is 10.6 Å². The molecule has 1 aliphatic carbocycles. The number of hydrogen-bond acceptors (Lipinski definition) is 2. The van der Waals surface area contributed by atoms with Gasteiger partial charge in [-0.3, -0.25) is 4.99 Å². The number of fused-ring (bicyclic) bond motifs is 1. The number of guanidine groups is 1. The van der Waals surface area contributed by atoms with Gasteiger partial charge in [0, 0.05) is 37.6 Å². The van der Waals surface area contributed by atoms with Crippen molar-refractivity contribution in [2.75, 3.05) is 20.2 Å². The van der Waals surface area contributed by atoms with E-state index >= 15 is 0 Å². The highest BCUT2D eigenvalue weighted by Crippen LogP contribution is 2.52. The summed E-state index contributed by atoms with van der Waals surface area (Å²) in [6, 6.07) is 0.474. The topological polar surface area (TPSA) is 45.7 Å². The van der Waals surface area contributed by atoms with E-state index in [9.17, 15) is 0 Å². The first-order chi connectivity index (χ1) is 10.5. The Balaban J connectivity index is 0.00000264. The van der Waals surface area contributed by atoms with E-state index in [1.165, 1.54) is 32.1 Å². The second-order valence-corrected chi connectivity index (χ2v) is 7.56. The highest BCUT2D eigenvalue weighted by atomic mass is 127. The zero-order chi connectivity index (χ0) is 16.2. The molecule has 0 bridgehead atoms. The predicted molar refractivity (Wildman–Crippen MR) is 109 cm³/mol. The van der Waals surface area contributed by atoms with E-state index < -0.39 is 0 Å². The van der Waals surface area contributed by atoms with Gasteiger partial charge in [0.2, 0.25) is 0 Å². The monoisotopic (exact) mass is 437 g/mol. The summed E-state index contributed by atoms with van der Waals surface area (Å²) in [6.07, 6.45) is 6.75. The third-order valence-electron chi connectivity index (χ3n) is 5.72. The van der Waals surface area contributed by atoms with E-state index in [1.54, 1.807) is 0 Å². The normalized spacial score (nSPS) is 30.0. The molecule has 2 fully saturated rings. The molecule has 0 aromatic carbocycles. The molecule has 1 saturated carbocycles. The number of halogens is 1. The van der Waals surface area contributed by atoms with Gasteiger partial charge >= 0.3 is 0 Å². The van der Waals surface area contributed by atoms with Gasteiger partial charge in [-0.15, -0.1) is 24.0 Å². The van der Waals surface area contributed by atoms with Crippen molar-refractivity contribution >= 4 is 29.9 Å². The van der Waals surface area contributed by atoms with E-state index in [-0.39, 0.29) is 29.4 Å². The molecule has 0 amide bonds. The maximum Gasteiger partial charge on any atom is 0.191 e.